The minimum absolute atomic E-state index is 0.187. The number of nitrogens with one attached hydrogen (secondary N) is 1. The first kappa shape index (κ1) is 24.4. The Morgan fingerprint density at radius 1 is 1.03 bits per heavy atom. The molecule has 0 spiro atoms. The molecule has 0 unspecified atom stereocenters. The Kier molecular flexibility index (Phi) is 7.63. The standard InChI is InChI=1S/C25H17Cl3N2O3S/c1-14-2-4-15(5-3-14)13-33-22-19(27)10-16(11-20(22)28)12-21-24(32)30-25(34-21)29-23(31)17-6-8-18(26)9-7-17/h2-12H,13H2,1H3,(H,29,30,31,32)/b21-12-. The van der Waals surface area contributed by atoms with Crippen LogP contribution in [0.25, 0.3) is 6.08 Å². The summed E-state index contributed by atoms with van der Waals surface area (Å²) in [6.45, 7) is 2.33. The number of amidine groups is 1. The number of rotatable bonds is 5. The molecule has 0 bridgehead atoms. The van der Waals surface area contributed by atoms with Gasteiger partial charge in [0.25, 0.3) is 11.8 Å². The summed E-state index contributed by atoms with van der Waals surface area (Å²) in [6, 6.07) is 17.6. The summed E-state index contributed by atoms with van der Waals surface area (Å²) < 4.78 is 5.82. The fourth-order valence-electron chi connectivity index (χ4n) is 3.02. The summed E-state index contributed by atoms with van der Waals surface area (Å²) in [6.07, 6.45) is 1.62. The van der Waals surface area contributed by atoms with Gasteiger partial charge in [0.1, 0.15) is 6.61 Å². The van der Waals surface area contributed by atoms with Gasteiger partial charge in [0.2, 0.25) is 0 Å². The molecule has 1 aliphatic rings. The van der Waals surface area contributed by atoms with Crippen molar-refractivity contribution in [2.75, 3.05) is 0 Å². The number of nitrogens with zero attached hydrogens (tertiary/aromatic N) is 1. The van der Waals surface area contributed by atoms with E-state index in [1.54, 1.807) is 42.5 Å². The Bertz CT molecular complexity index is 1300. The third-order valence-corrected chi connectivity index (χ3v) is 6.49. The van der Waals surface area contributed by atoms with Crippen LogP contribution in [-0.4, -0.2) is 17.0 Å². The lowest BCUT2D eigenvalue weighted by atomic mass is 10.1. The van der Waals surface area contributed by atoms with Crippen molar-refractivity contribution in [3.63, 3.8) is 0 Å². The van der Waals surface area contributed by atoms with Gasteiger partial charge < -0.3 is 10.1 Å². The van der Waals surface area contributed by atoms with Crippen molar-refractivity contribution in [2.24, 2.45) is 4.99 Å². The molecule has 1 N–H and O–H groups in total. The molecule has 0 atom stereocenters. The summed E-state index contributed by atoms with van der Waals surface area (Å²) in [5.41, 5.74) is 3.13. The van der Waals surface area contributed by atoms with E-state index >= 15 is 0 Å². The van der Waals surface area contributed by atoms with Gasteiger partial charge >= 0.3 is 0 Å². The maximum Gasteiger partial charge on any atom is 0.279 e. The summed E-state index contributed by atoms with van der Waals surface area (Å²) in [4.78, 5) is 29.0. The molecule has 1 heterocycles. The zero-order valence-electron chi connectivity index (χ0n) is 17.8. The van der Waals surface area contributed by atoms with Crippen LogP contribution in [0.5, 0.6) is 5.75 Å². The van der Waals surface area contributed by atoms with Gasteiger partial charge in [-0.15, -0.1) is 0 Å². The number of aryl methyl sites for hydroxylation is 1. The third kappa shape index (κ3) is 6.02. The number of thioether (sulfide) groups is 1. The van der Waals surface area contributed by atoms with E-state index in [1.807, 2.05) is 31.2 Å². The molecule has 34 heavy (non-hydrogen) atoms. The predicted octanol–water partition coefficient (Wildman–Crippen LogP) is 6.93. The van der Waals surface area contributed by atoms with Crippen LogP contribution >= 0.6 is 46.6 Å². The lowest BCUT2D eigenvalue weighted by molar-refractivity contribution is -0.115. The van der Waals surface area contributed by atoms with Gasteiger partial charge in [-0.05, 0) is 72.3 Å². The highest BCUT2D eigenvalue weighted by atomic mass is 35.5. The molecule has 1 fully saturated rings. The normalized spacial score (nSPS) is 15.6. The van der Waals surface area contributed by atoms with Gasteiger partial charge in [0.15, 0.2) is 10.9 Å². The van der Waals surface area contributed by atoms with Crippen LogP contribution in [0.1, 0.15) is 27.0 Å². The average Bonchev–Trinajstić information content (AvgIpc) is 3.13. The lowest BCUT2D eigenvalue weighted by Crippen LogP contribution is -2.20. The molecule has 172 valence electrons. The first-order valence-electron chi connectivity index (χ1n) is 10.1. The smallest absolute Gasteiger partial charge is 0.279 e. The van der Waals surface area contributed by atoms with E-state index in [9.17, 15) is 9.59 Å². The second kappa shape index (κ2) is 10.7. The van der Waals surface area contributed by atoms with E-state index in [4.69, 9.17) is 39.5 Å². The molecule has 0 radical (unpaired) electrons. The molecule has 0 saturated carbocycles. The molecule has 4 rings (SSSR count). The van der Waals surface area contributed by atoms with Gasteiger partial charge in [-0.25, -0.2) is 0 Å². The number of amides is 2. The van der Waals surface area contributed by atoms with Crippen LogP contribution in [0.2, 0.25) is 15.1 Å². The molecular formula is C25H17Cl3N2O3S. The van der Waals surface area contributed by atoms with Crippen molar-refractivity contribution in [1.82, 2.24) is 5.32 Å². The fourth-order valence-corrected chi connectivity index (χ4v) is 4.58. The third-order valence-electron chi connectivity index (χ3n) is 4.77. The van der Waals surface area contributed by atoms with Crippen LogP contribution < -0.4 is 10.1 Å². The number of ether oxygens (including phenoxy) is 1. The minimum atomic E-state index is -0.484. The highest BCUT2D eigenvalue weighted by Crippen LogP contribution is 2.36. The maximum absolute atomic E-state index is 12.4. The van der Waals surface area contributed by atoms with Crippen LogP contribution in [0.4, 0.5) is 0 Å². The van der Waals surface area contributed by atoms with E-state index in [0.29, 0.717) is 43.5 Å². The molecule has 1 aliphatic heterocycles. The van der Waals surface area contributed by atoms with Crippen molar-refractivity contribution >= 4 is 69.6 Å². The minimum Gasteiger partial charge on any atom is -0.486 e. The molecule has 0 aliphatic carbocycles. The van der Waals surface area contributed by atoms with Gasteiger partial charge in [-0.2, -0.15) is 4.99 Å². The quantitative estimate of drug-likeness (QED) is 0.362. The molecule has 3 aromatic rings. The van der Waals surface area contributed by atoms with Gasteiger partial charge in [0, 0.05) is 10.6 Å². The molecule has 2 amide bonds. The Balaban J connectivity index is 1.47. The first-order chi connectivity index (χ1) is 16.3. The highest BCUT2D eigenvalue weighted by Gasteiger charge is 2.25. The molecule has 3 aromatic carbocycles. The number of hydrogen-bond donors (Lipinski definition) is 1. The topological polar surface area (TPSA) is 67.8 Å². The summed E-state index contributed by atoms with van der Waals surface area (Å²) in [5.74, 6) is -0.494. The summed E-state index contributed by atoms with van der Waals surface area (Å²) in [5, 5.41) is 3.93. The van der Waals surface area contributed by atoms with Crippen molar-refractivity contribution in [2.45, 2.75) is 13.5 Å². The Morgan fingerprint density at radius 3 is 2.32 bits per heavy atom. The van der Waals surface area contributed by atoms with Crippen molar-refractivity contribution in [1.29, 1.82) is 0 Å². The maximum atomic E-state index is 12.4. The van der Waals surface area contributed by atoms with Crippen molar-refractivity contribution in [3.05, 3.63) is 103 Å². The molecule has 5 nitrogen and oxygen atoms in total. The monoisotopic (exact) mass is 530 g/mol. The van der Waals surface area contributed by atoms with E-state index < -0.39 is 5.91 Å². The SMILES string of the molecule is Cc1ccc(COc2c(Cl)cc(/C=C3\SC(=NC(=O)c4ccc(Cl)cc4)NC3=O)cc2Cl)cc1. The highest BCUT2D eigenvalue weighted by molar-refractivity contribution is 8.18. The van der Waals surface area contributed by atoms with E-state index in [0.717, 1.165) is 22.9 Å². The largest absolute Gasteiger partial charge is 0.486 e. The first-order valence-corrected chi connectivity index (χ1v) is 12.0. The number of carbonyl (C=O) groups is 2. The fraction of sp³-hybridized carbons (Fsp3) is 0.0800. The van der Waals surface area contributed by atoms with Crippen LogP contribution in [0, 0.1) is 6.92 Å². The number of hydrogen-bond acceptors (Lipinski definition) is 4. The van der Waals surface area contributed by atoms with Crippen molar-refractivity contribution in [3.8, 4) is 5.75 Å². The molecule has 0 aromatic heterocycles. The number of aliphatic imine (C=N–C) groups is 1. The Hall–Kier alpha value is -2.77. The summed E-state index contributed by atoms with van der Waals surface area (Å²) >= 11 is 19.7. The zero-order chi connectivity index (χ0) is 24.2. The second-order valence-corrected chi connectivity index (χ2v) is 9.66. The molecule has 9 heteroatoms. The Labute approximate surface area is 215 Å². The average molecular weight is 532 g/mol. The van der Waals surface area contributed by atoms with E-state index in [1.165, 1.54) is 0 Å². The van der Waals surface area contributed by atoms with Gasteiger partial charge in [0.05, 0.1) is 15.0 Å². The predicted molar refractivity (Wildman–Crippen MR) is 139 cm³/mol. The van der Waals surface area contributed by atoms with Gasteiger partial charge in [-0.1, -0.05) is 64.6 Å². The van der Waals surface area contributed by atoms with Crippen LogP contribution in [0.15, 0.2) is 70.6 Å². The van der Waals surface area contributed by atoms with Crippen LogP contribution in [-0.2, 0) is 11.4 Å². The van der Waals surface area contributed by atoms with Crippen LogP contribution in [0.3, 0.4) is 0 Å². The Morgan fingerprint density at radius 2 is 1.68 bits per heavy atom. The van der Waals surface area contributed by atoms with Crippen molar-refractivity contribution < 1.29 is 14.3 Å². The molecule has 1 saturated heterocycles. The molecular weight excluding hydrogens is 515 g/mol. The van der Waals surface area contributed by atoms with Gasteiger partial charge in [-0.3, -0.25) is 9.59 Å². The lowest BCUT2D eigenvalue weighted by Gasteiger charge is -2.11. The zero-order valence-corrected chi connectivity index (χ0v) is 20.9. The second-order valence-electron chi connectivity index (χ2n) is 7.38. The van der Waals surface area contributed by atoms with E-state index in [2.05, 4.69) is 10.3 Å². The summed E-state index contributed by atoms with van der Waals surface area (Å²) in [7, 11) is 0. The number of benzene rings is 3. The number of carbonyl (C=O) groups excluding carboxylic acids is 2. The number of halogens is 3. The van der Waals surface area contributed by atoms with E-state index in [-0.39, 0.29) is 11.1 Å².